The van der Waals surface area contributed by atoms with Gasteiger partial charge in [-0.1, -0.05) is 18.2 Å². The van der Waals surface area contributed by atoms with Crippen LogP contribution >= 0.6 is 12.6 Å². The van der Waals surface area contributed by atoms with E-state index >= 15 is 0 Å². The monoisotopic (exact) mass is 226 g/mol. The molecule has 4 heteroatoms. The largest absolute Gasteiger partial charge is 0.494 e. The third-order valence-corrected chi connectivity index (χ3v) is 2.37. The van der Waals surface area contributed by atoms with Gasteiger partial charge in [0.2, 0.25) is 0 Å². The highest BCUT2D eigenvalue weighted by atomic mass is 32.1. The highest BCUT2D eigenvalue weighted by Crippen LogP contribution is 2.20. The second kappa shape index (κ2) is 5.66. The van der Waals surface area contributed by atoms with Crippen LogP contribution in [0.5, 0.6) is 5.75 Å². The molecule has 1 rings (SSSR count). The number of rotatable bonds is 5. The van der Waals surface area contributed by atoms with E-state index in [1.165, 1.54) is 0 Å². The molecule has 0 aliphatic rings. The SMILES string of the molecule is CCOc1ccccc1CC(S)C(=O)O. The molecule has 0 bridgehead atoms. The Hall–Kier alpha value is -1.16. The van der Waals surface area contributed by atoms with E-state index in [2.05, 4.69) is 12.6 Å². The molecule has 82 valence electrons. The van der Waals surface area contributed by atoms with Gasteiger partial charge in [-0.05, 0) is 25.0 Å². The van der Waals surface area contributed by atoms with Crippen LogP contribution in [0.15, 0.2) is 24.3 Å². The maximum Gasteiger partial charge on any atom is 0.316 e. The molecule has 0 aliphatic carbocycles. The lowest BCUT2D eigenvalue weighted by molar-refractivity contribution is -0.136. The van der Waals surface area contributed by atoms with Gasteiger partial charge >= 0.3 is 5.97 Å². The number of thiol groups is 1. The molecule has 1 N–H and O–H groups in total. The van der Waals surface area contributed by atoms with Crippen LogP contribution in [0, 0.1) is 0 Å². The minimum absolute atomic E-state index is 0.370. The molecule has 0 aromatic heterocycles. The van der Waals surface area contributed by atoms with Crippen molar-refractivity contribution in [2.24, 2.45) is 0 Å². The van der Waals surface area contributed by atoms with Crippen LogP contribution in [0.25, 0.3) is 0 Å². The first kappa shape index (κ1) is 11.9. The van der Waals surface area contributed by atoms with E-state index in [1.54, 1.807) is 0 Å². The summed E-state index contributed by atoms with van der Waals surface area (Å²) >= 11 is 4.00. The average Bonchev–Trinajstić information content (AvgIpc) is 2.21. The zero-order valence-electron chi connectivity index (χ0n) is 8.51. The summed E-state index contributed by atoms with van der Waals surface area (Å²) in [5.41, 5.74) is 0.877. The molecule has 0 amide bonds. The normalized spacial score (nSPS) is 12.1. The number of ether oxygens (including phenoxy) is 1. The fourth-order valence-electron chi connectivity index (χ4n) is 1.26. The molecule has 0 radical (unpaired) electrons. The topological polar surface area (TPSA) is 46.5 Å². The van der Waals surface area contributed by atoms with Gasteiger partial charge in [-0.2, -0.15) is 12.6 Å². The molecule has 1 aromatic rings. The molecule has 0 spiro atoms. The van der Waals surface area contributed by atoms with Gasteiger partial charge in [-0.15, -0.1) is 0 Å². The van der Waals surface area contributed by atoms with Crippen LogP contribution in [-0.2, 0) is 11.2 Å². The summed E-state index contributed by atoms with van der Waals surface area (Å²) in [4.78, 5) is 10.7. The lowest BCUT2D eigenvalue weighted by Crippen LogP contribution is -2.16. The molecule has 0 heterocycles. The molecule has 0 aliphatic heterocycles. The average molecular weight is 226 g/mol. The third-order valence-electron chi connectivity index (χ3n) is 1.97. The van der Waals surface area contributed by atoms with E-state index < -0.39 is 11.2 Å². The smallest absolute Gasteiger partial charge is 0.316 e. The van der Waals surface area contributed by atoms with Crippen LogP contribution in [0.1, 0.15) is 12.5 Å². The van der Waals surface area contributed by atoms with Crippen LogP contribution < -0.4 is 4.74 Å². The quantitative estimate of drug-likeness (QED) is 0.755. The van der Waals surface area contributed by atoms with Crippen molar-refractivity contribution in [1.82, 2.24) is 0 Å². The van der Waals surface area contributed by atoms with E-state index in [9.17, 15) is 4.79 Å². The number of carbonyl (C=O) groups is 1. The first-order chi connectivity index (χ1) is 7.15. The molecular formula is C11H14O3S. The summed E-state index contributed by atoms with van der Waals surface area (Å²) < 4.78 is 5.39. The maximum atomic E-state index is 10.7. The lowest BCUT2D eigenvalue weighted by atomic mass is 10.1. The van der Waals surface area contributed by atoms with E-state index in [0.29, 0.717) is 13.0 Å². The van der Waals surface area contributed by atoms with Crippen molar-refractivity contribution >= 4 is 18.6 Å². The number of aliphatic carboxylic acids is 1. The van der Waals surface area contributed by atoms with Crippen molar-refractivity contribution in [3.8, 4) is 5.75 Å². The summed E-state index contributed by atoms with van der Waals surface area (Å²) in [6, 6.07) is 7.42. The molecule has 0 saturated carbocycles. The first-order valence-corrected chi connectivity index (χ1v) is 5.28. The summed E-state index contributed by atoms with van der Waals surface area (Å²) in [5, 5.41) is 8.06. The highest BCUT2D eigenvalue weighted by molar-refractivity contribution is 7.81. The number of para-hydroxylation sites is 1. The minimum atomic E-state index is -0.912. The Morgan fingerprint density at radius 3 is 2.80 bits per heavy atom. The number of hydrogen-bond donors (Lipinski definition) is 2. The first-order valence-electron chi connectivity index (χ1n) is 4.76. The van der Waals surface area contributed by atoms with Gasteiger partial charge in [-0.25, -0.2) is 0 Å². The van der Waals surface area contributed by atoms with Crippen LogP contribution in [0.3, 0.4) is 0 Å². The van der Waals surface area contributed by atoms with Gasteiger partial charge in [0.25, 0.3) is 0 Å². The number of carboxylic acids is 1. The third kappa shape index (κ3) is 3.47. The second-order valence-corrected chi connectivity index (χ2v) is 3.72. The van der Waals surface area contributed by atoms with Crippen molar-refractivity contribution in [2.45, 2.75) is 18.6 Å². The lowest BCUT2D eigenvalue weighted by Gasteiger charge is -2.11. The molecular weight excluding hydrogens is 212 g/mol. The molecule has 15 heavy (non-hydrogen) atoms. The maximum absolute atomic E-state index is 10.7. The Morgan fingerprint density at radius 1 is 1.53 bits per heavy atom. The van der Waals surface area contributed by atoms with Gasteiger partial charge in [0.15, 0.2) is 0 Å². The van der Waals surface area contributed by atoms with Gasteiger partial charge in [0.05, 0.1) is 6.61 Å². The molecule has 1 atom stereocenters. The molecule has 1 aromatic carbocycles. The standard InChI is InChI=1S/C11H14O3S/c1-2-14-9-6-4-3-5-8(9)7-10(15)11(12)13/h3-6,10,15H,2,7H2,1H3,(H,12,13). The van der Waals surface area contributed by atoms with Crippen LogP contribution in [0.4, 0.5) is 0 Å². The van der Waals surface area contributed by atoms with Gasteiger partial charge in [0.1, 0.15) is 11.0 Å². The number of carboxylic acid groups (broad SMARTS) is 1. The Bertz CT molecular complexity index is 338. The van der Waals surface area contributed by atoms with E-state index in [4.69, 9.17) is 9.84 Å². The van der Waals surface area contributed by atoms with Crippen molar-refractivity contribution in [2.75, 3.05) is 6.61 Å². The number of benzene rings is 1. The summed E-state index contributed by atoms with van der Waals surface area (Å²) in [6.07, 6.45) is 0.370. The Kier molecular flexibility index (Phi) is 4.49. The predicted octanol–water partition coefficient (Wildman–Crippen LogP) is 2.01. The Morgan fingerprint density at radius 2 is 2.20 bits per heavy atom. The van der Waals surface area contributed by atoms with Gasteiger partial charge in [-0.3, -0.25) is 4.79 Å². The minimum Gasteiger partial charge on any atom is -0.494 e. The predicted molar refractivity (Wildman–Crippen MR) is 61.7 cm³/mol. The molecule has 0 fully saturated rings. The zero-order valence-corrected chi connectivity index (χ0v) is 9.41. The highest BCUT2D eigenvalue weighted by Gasteiger charge is 2.14. The van der Waals surface area contributed by atoms with Crippen molar-refractivity contribution in [1.29, 1.82) is 0 Å². The molecule has 1 unspecified atom stereocenters. The van der Waals surface area contributed by atoms with Gasteiger partial charge < -0.3 is 9.84 Å². The fourth-order valence-corrected chi connectivity index (χ4v) is 1.46. The van der Waals surface area contributed by atoms with Crippen LogP contribution in [0.2, 0.25) is 0 Å². The Labute approximate surface area is 94.5 Å². The Balaban J connectivity index is 2.79. The van der Waals surface area contributed by atoms with Crippen LogP contribution in [-0.4, -0.2) is 22.9 Å². The molecule has 0 saturated heterocycles. The summed E-state index contributed by atoms with van der Waals surface area (Å²) in [5.74, 6) is -0.176. The zero-order chi connectivity index (χ0) is 11.3. The van der Waals surface area contributed by atoms with E-state index in [-0.39, 0.29) is 0 Å². The van der Waals surface area contributed by atoms with E-state index in [1.807, 2.05) is 31.2 Å². The fraction of sp³-hybridized carbons (Fsp3) is 0.364. The molecule has 3 nitrogen and oxygen atoms in total. The number of hydrogen-bond acceptors (Lipinski definition) is 3. The summed E-state index contributed by atoms with van der Waals surface area (Å²) in [6.45, 7) is 2.47. The van der Waals surface area contributed by atoms with Gasteiger partial charge in [0, 0.05) is 0 Å². The van der Waals surface area contributed by atoms with Crippen molar-refractivity contribution < 1.29 is 14.6 Å². The van der Waals surface area contributed by atoms with Crippen molar-refractivity contribution in [3.05, 3.63) is 29.8 Å². The second-order valence-electron chi connectivity index (χ2n) is 3.10. The summed E-state index contributed by atoms with van der Waals surface area (Å²) in [7, 11) is 0. The van der Waals surface area contributed by atoms with E-state index in [0.717, 1.165) is 11.3 Å². The van der Waals surface area contributed by atoms with Crippen molar-refractivity contribution in [3.63, 3.8) is 0 Å².